The Morgan fingerprint density at radius 1 is 0.414 bits per heavy atom. The Hall–Kier alpha value is -1.50. The van der Waals surface area contributed by atoms with Gasteiger partial charge in [-0.1, -0.05) is 36.4 Å². The molecule has 0 fully saturated rings. The molecule has 0 bridgehead atoms. The number of hydrogen-bond donors (Lipinski definition) is 0. The summed E-state index contributed by atoms with van der Waals surface area (Å²) in [6.45, 7) is 0. The van der Waals surface area contributed by atoms with Crippen molar-refractivity contribution in [1.82, 2.24) is 0 Å². The van der Waals surface area contributed by atoms with Gasteiger partial charge in [0.1, 0.15) is 0 Å². The molecular weight excluding hydrogens is 544 g/mol. The lowest BCUT2D eigenvalue weighted by Gasteiger charge is -2.02. The van der Waals surface area contributed by atoms with Crippen LogP contribution in [0.15, 0.2) is 68.2 Å². The van der Waals surface area contributed by atoms with Crippen molar-refractivity contribution in [3.63, 3.8) is 0 Å². The number of thiophene rings is 3. The highest BCUT2D eigenvalue weighted by atomic mass is 79.9. The lowest BCUT2D eigenvalue weighted by atomic mass is 10.0. The van der Waals surface area contributed by atoms with Gasteiger partial charge >= 0.3 is 0 Å². The van der Waals surface area contributed by atoms with E-state index in [0.29, 0.717) is 0 Å². The molecule has 0 aliphatic carbocycles. The number of halogens is 2. The predicted molar refractivity (Wildman–Crippen MR) is 141 cm³/mol. The Morgan fingerprint density at radius 2 is 0.793 bits per heavy atom. The van der Waals surface area contributed by atoms with Gasteiger partial charge in [-0.2, -0.15) is 0 Å². The van der Waals surface area contributed by atoms with Gasteiger partial charge in [0.15, 0.2) is 0 Å². The van der Waals surface area contributed by atoms with Gasteiger partial charge in [-0.05, 0) is 66.9 Å². The first-order valence-electron chi connectivity index (χ1n) is 9.15. The van der Waals surface area contributed by atoms with Crippen LogP contribution in [0, 0.1) is 0 Å². The van der Waals surface area contributed by atoms with Gasteiger partial charge in [0.05, 0.1) is 7.57 Å². The summed E-state index contributed by atoms with van der Waals surface area (Å²) in [4.78, 5) is 0. The zero-order valence-electron chi connectivity index (χ0n) is 14.8. The molecule has 0 amide bonds. The van der Waals surface area contributed by atoms with Crippen molar-refractivity contribution < 1.29 is 0 Å². The van der Waals surface area contributed by atoms with Gasteiger partial charge in [-0.3, -0.25) is 0 Å². The number of hydrogen-bond acceptors (Lipinski definition) is 3. The highest BCUT2D eigenvalue weighted by Crippen LogP contribution is 2.45. The SMILES string of the molecule is Brc1cc2c(ccc3c2ccc2c4ccc5c6cc(Br)sc6ccc5c4sc32)s1. The van der Waals surface area contributed by atoms with Crippen molar-refractivity contribution in [2.45, 2.75) is 0 Å². The average molecular weight is 554 g/mol. The maximum absolute atomic E-state index is 3.66. The third-order valence-corrected chi connectivity index (χ3v) is 10.2. The van der Waals surface area contributed by atoms with Crippen molar-refractivity contribution in [2.24, 2.45) is 0 Å². The first kappa shape index (κ1) is 17.2. The highest BCUT2D eigenvalue weighted by molar-refractivity contribution is 9.11. The van der Waals surface area contributed by atoms with Crippen LogP contribution in [0.3, 0.4) is 0 Å². The quantitative estimate of drug-likeness (QED) is 0.175. The largest absolute Gasteiger partial charge is 0.134 e. The molecule has 5 heteroatoms. The topological polar surface area (TPSA) is 0 Å². The maximum Gasteiger partial charge on any atom is 0.0711 e. The van der Waals surface area contributed by atoms with Crippen LogP contribution in [0.25, 0.3) is 61.9 Å². The molecule has 0 unspecified atom stereocenters. The fourth-order valence-electron chi connectivity index (χ4n) is 4.48. The van der Waals surface area contributed by atoms with E-state index in [9.17, 15) is 0 Å². The van der Waals surface area contributed by atoms with E-state index in [1.165, 1.54) is 69.5 Å². The number of benzene rings is 4. The molecule has 0 saturated carbocycles. The van der Waals surface area contributed by atoms with E-state index in [2.05, 4.69) is 92.5 Å². The minimum absolute atomic E-state index is 1.19. The minimum atomic E-state index is 1.19. The Kier molecular flexibility index (Phi) is 3.57. The van der Waals surface area contributed by atoms with E-state index in [1.807, 2.05) is 11.3 Å². The van der Waals surface area contributed by atoms with Crippen LogP contribution in [0.2, 0.25) is 0 Å². The molecule has 0 aliphatic rings. The molecule has 0 nitrogen and oxygen atoms in total. The summed E-state index contributed by atoms with van der Waals surface area (Å²) in [5.74, 6) is 0. The summed E-state index contributed by atoms with van der Waals surface area (Å²) < 4.78 is 7.82. The molecular formula is C24H10Br2S3. The smallest absolute Gasteiger partial charge is 0.0711 e. The summed E-state index contributed by atoms with van der Waals surface area (Å²) in [7, 11) is 0. The fraction of sp³-hybridized carbons (Fsp3) is 0. The molecule has 0 spiro atoms. The van der Waals surface area contributed by atoms with Crippen molar-refractivity contribution in [1.29, 1.82) is 0 Å². The minimum Gasteiger partial charge on any atom is -0.134 e. The third kappa shape index (κ3) is 2.34. The van der Waals surface area contributed by atoms with Crippen LogP contribution in [0.5, 0.6) is 0 Å². The number of rotatable bonds is 0. The monoisotopic (exact) mass is 552 g/mol. The third-order valence-electron chi connectivity index (χ3n) is 5.73. The zero-order chi connectivity index (χ0) is 19.3. The Labute approximate surface area is 194 Å². The van der Waals surface area contributed by atoms with Crippen LogP contribution >= 0.6 is 65.9 Å². The molecule has 0 aliphatic heterocycles. The van der Waals surface area contributed by atoms with E-state index >= 15 is 0 Å². The van der Waals surface area contributed by atoms with Gasteiger partial charge < -0.3 is 0 Å². The molecule has 0 saturated heterocycles. The van der Waals surface area contributed by atoms with Gasteiger partial charge in [-0.25, -0.2) is 0 Å². The Balaban J connectivity index is 1.67. The molecule has 138 valence electrons. The van der Waals surface area contributed by atoms with Gasteiger partial charge in [0.2, 0.25) is 0 Å². The number of fused-ring (bicyclic) bond motifs is 11. The average Bonchev–Trinajstić information content (AvgIpc) is 3.39. The molecule has 7 rings (SSSR count). The van der Waals surface area contributed by atoms with Crippen LogP contribution < -0.4 is 0 Å². The van der Waals surface area contributed by atoms with Crippen LogP contribution in [-0.2, 0) is 0 Å². The highest BCUT2D eigenvalue weighted by Gasteiger charge is 2.14. The Morgan fingerprint density at radius 3 is 1.28 bits per heavy atom. The Bertz CT molecular complexity index is 1650. The molecule has 7 aromatic rings. The van der Waals surface area contributed by atoms with E-state index < -0.39 is 0 Å². The lowest BCUT2D eigenvalue weighted by molar-refractivity contribution is 1.92. The molecule has 29 heavy (non-hydrogen) atoms. The summed E-state index contributed by atoms with van der Waals surface area (Å²) in [6.07, 6.45) is 0. The van der Waals surface area contributed by atoms with Gasteiger partial charge in [0.25, 0.3) is 0 Å². The van der Waals surface area contributed by atoms with E-state index in [0.717, 1.165) is 0 Å². The van der Waals surface area contributed by atoms with Gasteiger partial charge in [0, 0.05) is 51.1 Å². The first-order valence-corrected chi connectivity index (χ1v) is 13.2. The normalized spacial score (nSPS) is 12.5. The summed E-state index contributed by atoms with van der Waals surface area (Å²) >= 11 is 12.8. The van der Waals surface area contributed by atoms with Crippen LogP contribution in [0.1, 0.15) is 0 Å². The van der Waals surface area contributed by atoms with Gasteiger partial charge in [-0.15, -0.1) is 34.0 Å². The van der Waals surface area contributed by atoms with E-state index in [-0.39, 0.29) is 0 Å². The van der Waals surface area contributed by atoms with Crippen molar-refractivity contribution in [2.75, 3.05) is 0 Å². The van der Waals surface area contributed by atoms with Crippen LogP contribution in [0.4, 0.5) is 0 Å². The summed E-state index contributed by atoms with van der Waals surface area (Å²) in [5.41, 5.74) is 0. The van der Waals surface area contributed by atoms with Crippen LogP contribution in [-0.4, -0.2) is 0 Å². The second-order valence-corrected chi connectivity index (χ2v) is 13.2. The standard InChI is InChI=1S/C24H10Br2S3/c25-21-9-17-11-1-3-15-16-4-2-12-14(6-8-20-18(12)10-22(26)28-20)24(16)29-23(15)13(11)5-7-19(17)27-21/h1-10H. The van der Waals surface area contributed by atoms with Crippen molar-refractivity contribution in [3.8, 4) is 0 Å². The second-order valence-electron chi connectivity index (χ2n) is 7.23. The predicted octanol–water partition coefficient (Wildman–Crippen LogP) is 10.3. The maximum atomic E-state index is 3.66. The van der Waals surface area contributed by atoms with Crippen molar-refractivity contribution in [3.05, 3.63) is 68.2 Å². The molecule has 0 radical (unpaired) electrons. The van der Waals surface area contributed by atoms with Crippen molar-refractivity contribution >= 4 is 128 Å². The fourth-order valence-corrected chi connectivity index (χ4v) is 8.94. The zero-order valence-corrected chi connectivity index (χ0v) is 20.4. The first-order chi connectivity index (χ1) is 14.2. The summed E-state index contributed by atoms with van der Waals surface area (Å²) in [6, 6.07) is 22.9. The van der Waals surface area contributed by atoms with E-state index in [1.54, 1.807) is 22.7 Å². The molecule has 4 aromatic carbocycles. The molecule has 3 heterocycles. The van der Waals surface area contributed by atoms with E-state index in [4.69, 9.17) is 0 Å². The molecule has 0 atom stereocenters. The summed E-state index contributed by atoms with van der Waals surface area (Å²) in [5, 5.41) is 10.8. The second kappa shape index (κ2) is 6.02. The lowest BCUT2D eigenvalue weighted by Crippen LogP contribution is -1.75. The molecule has 3 aromatic heterocycles. The molecule has 0 N–H and O–H groups in total.